The van der Waals surface area contributed by atoms with E-state index in [1.165, 1.54) is 53.0 Å². The van der Waals surface area contributed by atoms with Crippen molar-refractivity contribution in [2.45, 2.75) is 50.7 Å². The van der Waals surface area contributed by atoms with E-state index < -0.39 is 27.5 Å². The number of hydrogen-bond acceptors (Lipinski definition) is 8. The van der Waals surface area contributed by atoms with Gasteiger partial charge in [-0.05, 0) is 63.1 Å². The van der Waals surface area contributed by atoms with Crippen LogP contribution in [0, 0.1) is 13.8 Å². The number of alkyl halides is 3. The van der Waals surface area contributed by atoms with Crippen molar-refractivity contribution in [3.05, 3.63) is 88.9 Å². The second kappa shape index (κ2) is 11.9. The summed E-state index contributed by atoms with van der Waals surface area (Å²) in [6.07, 6.45) is -3.11. The highest BCUT2D eigenvalue weighted by Gasteiger charge is 2.50. The lowest BCUT2D eigenvalue weighted by molar-refractivity contribution is -0.181. The summed E-state index contributed by atoms with van der Waals surface area (Å²) in [5.41, 5.74) is 1.81. The SMILES string of the molecule is Cc1cccc(C)c1-c1cc2nc(n1)NS(=O)(=O)c1cccc(c1)C(=O)N(Cc1cnc3cc(C(C)(C)C(F)(F)F)n(C)c3n1)CCO2. The average Bonchev–Trinajstić information content (AvgIpc) is 3.35. The molecule has 0 atom stereocenters. The van der Waals surface area contributed by atoms with Gasteiger partial charge in [0.2, 0.25) is 11.8 Å². The zero-order valence-electron chi connectivity index (χ0n) is 26.8. The fourth-order valence-corrected chi connectivity index (χ4v) is 6.68. The largest absolute Gasteiger partial charge is 0.476 e. The number of halogens is 3. The number of ether oxygens (including phenoxy) is 1. The molecule has 15 heteroatoms. The zero-order valence-corrected chi connectivity index (χ0v) is 27.6. The van der Waals surface area contributed by atoms with Gasteiger partial charge < -0.3 is 14.2 Å². The molecular formula is C33H32F3N7O4S. The van der Waals surface area contributed by atoms with Gasteiger partial charge in [0.05, 0.1) is 35.6 Å². The first-order chi connectivity index (χ1) is 22.5. The van der Waals surface area contributed by atoms with Gasteiger partial charge in [-0.25, -0.2) is 23.1 Å². The first-order valence-electron chi connectivity index (χ1n) is 14.9. The van der Waals surface area contributed by atoms with Crippen LogP contribution in [0.5, 0.6) is 5.88 Å². The molecule has 1 aliphatic heterocycles. The lowest BCUT2D eigenvalue weighted by Gasteiger charge is -2.28. The first kappa shape index (κ1) is 32.9. The molecule has 11 nitrogen and oxygen atoms in total. The molecule has 0 aliphatic carbocycles. The van der Waals surface area contributed by atoms with Crippen LogP contribution in [0.25, 0.3) is 22.4 Å². The van der Waals surface area contributed by atoms with Gasteiger partial charge in [0.15, 0.2) is 5.65 Å². The number of sulfonamides is 1. The number of amides is 1. The van der Waals surface area contributed by atoms with E-state index in [1.807, 2.05) is 32.0 Å². The maximum Gasteiger partial charge on any atom is 0.399 e. The number of carbonyl (C=O) groups excluding carboxylic acids is 1. The van der Waals surface area contributed by atoms with Crippen molar-refractivity contribution in [2.24, 2.45) is 7.05 Å². The van der Waals surface area contributed by atoms with Gasteiger partial charge in [-0.3, -0.25) is 9.78 Å². The van der Waals surface area contributed by atoms with E-state index in [1.54, 1.807) is 6.07 Å². The quantitative estimate of drug-likeness (QED) is 0.255. The highest BCUT2D eigenvalue weighted by molar-refractivity contribution is 7.92. The Labute approximate surface area is 274 Å². The first-order valence-corrected chi connectivity index (χ1v) is 16.4. The molecule has 1 amide bonds. The molecule has 0 saturated heterocycles. The normalized spacial score (nSPS) is 15.2. The molecule has 0 saturated carbocycles. The fourth-order valence-electron chi connectivity index (χ4n) is 5.69. The van der Waals surface area contributed by atoms with Gasteiger partial charge in [-0.2, -0.15) is 18.2 Å². The van der Waals surface area contributed by atoms with Crippen LogP contribution in [0.1, 0.15) is 46.7 Å². The highest BCUT2D eigenvalue weighted by Crippen LogP contribution is 2.41. The van der Waals surface area contributed by atoms with E-state index in [-0.39, 0.29) is 58.8 Å². The molecule has 250 valence electrons. The van der Waals surface area contributed by atoms with Crippen LogP contribution in [-0.4, -0.2) is 63.1 Å². The Kier molecular flexibility index (Phi) is 8.14. The number of hydrogen-bond donors (Lipinski definition) is 1. The molecular weight excluding hydrogens is 647 g/mol. The minimum Gasteiger partial charge on any atom is -0.476 e. The molecule has 0 fully saturated rings. The molecule has 48 heavy (non-hydrogen) atoms. The summed E-state index contributed by atoms with van der Waals surface area (Å²) >= 11 is 0. The van der Waals surface area contributed by atoms with Gasteiger partial charge >= 0.3 is 6.18 Å². The molecule has 1 aliphatic rings. The van der Waals surface area contributed by atoms with E-state index in [9.17, 15) is 26.4 Å². The summed E-state index contributed by atoms with van der Waals surface area (Å²) in [6, 6.07) is 14.3. The number of nitrogens with zero attached hydrogens (tertiary/aromatic N) is 6. The van der Waals surface area contributed by atoms with E-state index in [2.05, 4.69) is 24.7 Å². The summed E-state index contributed by atoms with van der Waals surface area (Å²) in [7, 11) is -2.74. The van der Waals surface area contributed by atoms with E-state index in [0.29, 0.717) is 11.4 Å². The molecule has 0 radical (unpaired) electrons. The maximum absolute atomic E-state index is 13.9. The number of aromatic nitrogens is 5. The molecule has 5 aromatic rings. The summed E-state index contributed by atoms with van der Waals surface area (Å²) < 4.78 is 78.3. The molecule has 0 spiro atoms. The maximum atomic E-state index is 13.9. The average molecular weight is 680 g/mol. The minimum absolute atomic E-state index is 0.00915. The minimum atomic E-state index is -4.51. The summed E-state index contributed by atoms with van der Waals surface area (Å²) in [6.45, 7) is 5.92. The predicted molar refractivity (Wildman–Crippen MR) is 172 cm³/mol. The van der Waals surface area contributed by atoms with Crippen LogP contribution < -0.4 is 9.46 Å². The lowest BCUT2D eigenvalue weighted by atomic mass is 9.88. The van der Waals surface area contributed by atoms with Crippen molar-refractivity contribution in [3.8, 4) is 17.1 Å². The van der Waals surface area contributed by atoms with E-state index >= 15 is 0 Å². The third-order valence-electron chi connectivity index (χ3n) is 8.44. The van der Waals surface area contributed by atoms with Crippen molar-refractivity contribution in [1.82, 2.24) is 29.4 Å². The van der Waals surface area contributed by atoms with Crippen molar-refractivity contribution >= 4 is 33.0 Å². The van der Waals surface area contributed by atoms with Gasteiger partial charge in [-0.15, -0.1) is 0 Å². The molecule has 4 heterocycles. The van der Waals surface area contributed by atoms with Crippen LogP contribution in [-0.2, 0) is 29.0 Å². The Balaban J connectivity index is 1.39. The van der Waals surface area contributed by atoms with Gasteiger partial charge in [0.1, 0.15) is 17.5 Å². The van der Waals surface area contributed by atoms with Crippen LogP contribution in [0.4, 0.5) is 19.1 Å². The van der Waals surface area contributed by atoms with E-state index in [4.69, 9.17) is 4.74 Å². The van der Waals surface area contributed by atoms with Crippen molar-refractivity contribution in [1.29, 1.82) is 0 Å². The third-order valence-corrected chi connectivity index (χ3v) is 9.77. The summed E-state index contributed by atoms with van der Waals surface area (Å²) in [5, 5.41) is 0. The molecule has 6 rings (SSSR count). The van der Waals surface area contributed by atoms with Gasteiger partial charge in [-0.1, -0.05) is 24.3 Å². The Morgan fingerprint density at radius 2 is 1.69 bits per heavy atom. The van der Waals surface area contributed by atoms with Gasteiger partial charge in [0.25, 0.3) is 15.9 Å². The zero-order chi connectivity index (χ0) is 34.6. The number of anilines is 1. The van der Waals surface area contributed by atoms with Crippen molar-refractivity contribution < 1.29 is 31.1 Å². The third kappa shape index (κ3) is 6.05. The molecule has 1 N–H and O–H groups in total. The number of nitrogens with one attached hydrogen (secondary N) is 1. The van der Waals surface area contributed by atoms with Crippen LogP contribution in [0.3, 0.4) is 0 Å². The Bertz CT molecular complexity index is 2160. The van der Waals surface area contributed by atoms with Crippen molar-refractivity contribution in [3.63, 3.8) is 0 Å². The second-order valence-electron chi connectivity index (χ2n) is 12.2. The molecule has 0 unspecified atom stereocenters. The fraction of sp³-hybridized carbons (Fsp3) is 0.303. The van der Waals surface area contributed by atoms with E-state index in [0.717, 1.165) is 30.5 Å². The Morgan fingerprint density at radius 3 is 2.40 bits per heavy atom. The topological polar surface area (TPSA) is 132 Å². The number of carbonyl (C=O) groups is 1. The van der Waals surface area contributed by atoms with Crippen LogP contribution >= 0.6 is 0 Å². The highest BCUT2D eigenvalue weighted by atomic mass is 32.2. The Morgan fingerprint density at radius 1 is 0.979 bits per heavy atom. The van der Waals surface area contributed by atoms with Crippen molar-refractivity contribution in [2.75, 3.05) is 17.9 Å². The summed E-state index contributed by atoms with van der Waals surface area (Å²) in [4.78, 5) is 32.8. The predicted octanol–water partition coefficient (Wildman–Crippen LogP) is 5.72. The monoisotopic (exact) mass is 679 g/mol. The summed E-state index contributed by atoms with van der Waals surface area (Å²) in [5.74, 6) is -0.627. The Hall–Kier alpha value is -5.05. The van der Waals surface area contributed by atoms with Gasteiger partial charge in [0, 0.05) is 29.9 Å². The number of benzene rings is 2. The van der Waals surface area contributed by atoms with Crippen LogP contribution in [0.15, 0.2) is 65.7 Å². The molecule has 4 bridgehead atoms. The number of rotatable bonds is 4. The second-order valence-corrected chi connectivity index (χ2v) is 13.9. The molecule has 2 aromatic carbocycles. The van der Waals surface area contributed by atoms with Crippen LogP contribution in [0.2, 0.25) is 0 Å². The number of aryl methyl sites for hydroxylation is 3. The smallest absolute Gasteiger partial charge is 0.399 e. The number of fused-ring (bicyclic) bond motifs is 5. The lowest BCUT2D eigenvalue weighted by Crippen LogP contribution is -2.38. The molecule has 3 aromatic heterocycles. The standard InChI is InChI=1S/C33H32F3N7O4S/c1-19-8-6-9-20(2)28(19)24-16-27-40-31(39-24)41-48(45,46)23-11-7-10-21(14-23)30(44)43(12-13-47-27)18-22-17-37-25-15-26(42(5)29(25)38-22)32(3,4)33(34,35)36/h6-11,14-17H,12-13,18H2,1-5H3,(H,39,40,41).